The molecule has 1 aliphatic heterocycles. The van der Waals surface area contributed by atoms with E-state index in [-0.39, 0.29) is 16.7 Å². The molecule has 1 saturated heterocycles. The predicted molar refractivity (Wildman–Crippen MR) is 102 cm³/mol. The van der Waals surface area contributed by atoms with Gasteiger partial charge in [0.05, 0.1) is 22.9 Å². The lowest BCUT2D eigenvalue weighted by Crippen LogP contribution is -2.43. The molecule has 1 N–H and O–H groups in total. The molecule has 2 aromatic rings. The number of nitriles is 1. The fraction of sp³-hybridized carbons (Fsp3) is 0.421. The number of piperidine rings is 1. The van der Waals surface area contributed by atoms with Crippen molar-refractivity contribution in [2.75, 3.05) is 19.6 Å². The van der Waals surface area contributed by atoms with Crippen LogP contribution in [-0.2, 0) is 21.4 Å². The second-order valence-corrected chi connectivity index (χ2v) is 8.70. The molecule has 0 spiro atoms. The van der Waals surface area contributed by atoms with E-state index in [0.717, 1.165) is 13.0 Å². The van der Waals surface area contributed by atoms with Gasteiger partial charge in [-0.2, -0.15) is 9.57 Å². The molecule has 1 aliphatic rings. The highest BCUT2D eigenvalue weighted by Crippen LogP contribution is 2.24. The Labute approximate surface area is 164 Å². The molecule has 0 radical (unpaired) electrons. The van der Waals surface area contributed by atoms with Gasteiger partial charge in [0.2, 0.25) is 15.9 Å². The Hall–Kier alpha value is -2.70. The Kier molecular flexibility index (Phi) is 6.44. The predicted octanol–water partition coefficient (Wildman–Crippen LogP) is 1.36. The lowest BCUT2D eigenvalue weighted by Gasteiger charge is -2.30. The van der Waals surface area contributed by atoms with Crippen LogP contribution in [0.3, 0.4) is 0 Å². The number of hydrogen-bond acceptors (Lipinski definition) is 5. The molecule has 0 bridgehead atoms. The molecule has 0 saturated carbocycles. The number of sulfonamides is 1. The first-order valence-corrected chi connectivity index (χ1v) is 10.7. The standard InChI is InChI=1S/C19H23N5O3S/c20-14-16-2-4-18(5-3-16)28(26,27)24-11-6-17(7-12-24)19(25)22-8-1-10-23-13-9-21-15-23/h2-5,9,13,15,17H,1,6-8,10-12H2,(H,22,25). The van der Waals surface area contributed by atoms with Crippen molar-refractivity contribution in [1.82, 2.24) is 19.2 Å². The number of nitrogens with zero attached hydrogens (tertiary/aromatic N) is 4. The first-order chi connectivity index (χ1) is 13.5. The smallest absolute Gasteiger partial charge is 0.243 e. The Morgan fingerprint density at radius 1 is 1.25 bits per heavy atom. The number of amides is 1. The molecule has 3 rings (SSSR count). The third-order valence-corrected chi connectivity index (χ3v) is 6.81. The molecule has 0 unspecified atom stereocenters. The monoisotopic (exact) mass is 401 g/mol. The van der Waals surface area contributed by atoms with Gasteiger partial charge in [-0.05, 0) is 43.5 Å². The first kappa shape index (κ1) is 20.0. The number of carbonyl (C=O) groups is 1. The van der Waals surface area contributed by atoms with Crippen LogP contribution in [0.5, 0.6) is 0 Å². The van der Waals surface area contributed by atoms with Crippen molar-refractivity contribution in [2.45, 2.75) is 30.7 Å². The number of rotatable bonds is 7. The largest absolute Gasteiger partial charge is 0.356 e. The van der Waals surface area contributed by atoms with Crippen LogP contribution in [0.15, 0.2) is 47.9 Å². The molecule has 28 heavy (non-hydrogen) atoms. The zero-order valence-electron chi connectivity index (χ0n) is 15.5. The summed E-state index contributed by atoms with van der Waals surface area (Å²) in [6, 6.07) is 7.87. The van der Waals surface area contributed by atoms with Gasteiger partial charge in [0.25, 0.3) is 0 Å². The van der Waals surface area contributed by atoms with Gasteiger partial charge in [-0.1, -0.05) is 0 Å². The molecule has 1 aromatic carbocycles. The molecule has 148 valence electrons. The van der Waals surface area contributed by atoms with Crippen LogP contribution < -0.4 is 5.32 Å². The molecule has 0 atom stereocenters. The van der Waals surface area contributed by atoms with Crippen LogP contribution in [0.1, 0.15) is 24.8 Å². The minimum atomic E-state index is -3.60. The summed E-state index contributed by atoms with van der Waals surface area (Å²) in [7, 11) is -3.60. The van der Waals surface area contributed by atoms with Crippen LogP contribution in [0.25, 0.3) is 0 Å². The maximum Gasteiger partial charge on any atom is 0.243 e. The average molecular weight is 401 g/mol. The minimum Gasteiger partial charge on any atom is -0.356 e. The first-order valence-electron chi connectivity index (χ1n) is 9.24. The lowest BCUT2D eigenvalue weighted by molar-refractivity contribution is -0.126. The van der Waals surface area contributed by atoms with Gasteiger partial charge in [-0.15, -0.1) is 0 Å². The molecule has 1 amide bonds. The van der Waals surface area contributed by atoms with Gasteiger partial charge < -0.3 is 9.88 Å². The summed E-state index contributed by atoms with van der Waals surface area (Å²) in [5.74, 6) is -0.179. The van der Waals surface area contributed by atoms with E-state index < -0.39 is 10.0 Å². The number of aryl methyl sites for hydroxylation is 1. The zero-order valence-corrected chi connectivity index (χ0v) is 16.3. The molecule has 1 aromatic heterocycles. The summed E-state index contributed by atoms with van der Waals surface area (Å²) in [5, 5.41) is 11.8. The molecule has 8 nitrogen and oxygen atoms in total. The second-order valence-electron chi connectivity index (χ2n) is 6.76. The molecule has 2 heterocycles. The number of imidazole rings is 1. The van der Waals surface area contributed by atoms with Gasteiger partial charge >= 0.3 is 0 Å². The van der Waals surface area contributed by atoms with Crippen molar-refractivity contribution in [2.24, 2.45) is 5.92 Å². The van der Waals surface area contributed by atoms with E-state index in [1.807, 2.05) is 16.8 Å². The molecule has 1 fully saturated rings. The summed E-state index contributed by atoms with van der Waals surface area (Å²) in [4.78, 5) is 16.5. The Morgan fingerprint density at radius 2 is 1.96 bits per heavy atom. The fourth-order valence-electron chi connectivity index (χ4n) is 3.25. The van der Waals surface area contributed by atoms with Gasteiger partial charge in [0.15, 0.2) is 0 Å². The Morgan fingerprint density at radius 3 is 2.57 bits per heavy atom. The van der Waals surface area contributed by atoms with Crippen LogP contribution in [0.2, 0.25) is 0 Å². The number of carbonyl (C=O) groups excluding carboxylic acids is 1. The SMILES string of the molecule is N#Cc1ccc(S(=O)(=O)N2CCC(C(=O)NCCCn3ccnc3)CC2)cc1. The summed E-state index contributed by atoms with van der Waals surface area (Å²) < 4.78 is 28.8. The molecule has 0 aliphatic carbocycles. The summed E-state index contributed by atoms with van der Waals surface area (Å²) in [6.07, 6.45) is 7.16. The van der Waals surface area contributed by atoms with Crippen LogP contribution in [0, 0.1) is 17.2 Å². The molecule has 9 heteroatoms. The van der Waals surface area contributed by atoms with Gasteiger partial charge in [0, 0.05) is 44.5 Å². The summed E-state index contributed by atoms with van der Waals surface area (Å²) in [5.41, 5.74) is 0.419. The molecular formula is C19H23N5O3S. The van der Waals surface area contributed by atoms with Crippen molar-refractivity contribution in [1.29, 1.82) is 5.26 Å². The number of nitrogens with one attached hydrogen (secondary N) is 1. The highest BCUT2D eigenvalue weighted by atomic mass is 32.2. The third kappa shape index (κ3) is 4.77. The van der Waals surface area contributed by atoms with Crippen molar-refractivity contribution in [3.8, 4) is 6.07 Å². The van der Waals surface area contributed by atoms with Crippen molar-refractivity contribution < 1.29 is 13.2 Å². The highest BCUT2D eigenvalue weighted by Gasteiger charge is 2.31. The van der Waals surface area contributed by atoms with E-state index in [2.05, 4.69) is 10.3 Å². The van der Waals surface area contributed by atoms with E-state index in [1.165, 1.54) is 28.6 Å². The highest BCUT2D eigenvalue weighted by molar-refractivity contribution is 7.89. The van der Waals surface area contributed by atoms with Crippen LogP contribution >= 0.6 is 0 Å². The Bertz CT molecular complexity index is 925. The zero-order chi connectivity index (χ0) is 20.0. The second kappa shape index (κ2) is 8.99. The van der Waals surface area contributed by atoms with E-state index >= 15 is 0 Å². The van der Waals surface area contributed by atoms with E-state index in [1.54, 1.807) is 12.5 Å². The average Bonchev–Trinajstić information content (AvgIpc) is 3.25. The quantitative estimate of drug-likeness (QED) is 0.705. The lowest BCUT2D eigenvalue weighted by atomic mass is 9.97. The normalized spacial score (nSPS) is 15.8. The van der Waals surface area contributed by atoms with Gasteiger partial charge in [-0.25, -0.2) is 13.4 Å². The van der Waals surface area contributed by atoms with Gasteiger partial charge in [-0.3, -0.25) is 4.79 Å². The number of aromatic nitrogens is 2. The summed E-state index contributed by atoms with van der Waals surface area (Å²) >= 11 is 0. The molecular weight excluding hydrogens is 378 g/mol. The number of benzene rings is 1. The van der Waals surface area contributed by atoms with E-state index in [9.17, 15) is 13.2 Å². The van der Waals surface area contributed by atoms with E-state index in [4.69, 9.17) is 5.26 Å². The van der Waals surface area contributed by atoms with Crippen LogP contribution in [-0.4, -0.2) is 47.8 Å². The van der Waals surface area contributed by atoms with Crippen molar-refractivity contribution in [3.63, 3.8) is 0 Å². The topological polar surface area (TPSA) is 108 Å². The maximum absolute atomic E-state index is 12.7. The van der Waals surface area contributed by atoms with Gasteiger partial charge in [0.1, 0.15) is 0 Å². The van der Waals surface area contributed by atoms with Crippen LogP contribution in [0.4, 0.5) is 0 Å². The minimum absolute atomic E-state index is 0.0129. The fourth-order valence-corrected chi connectivity index (χ4v) is 4.72. The summed E-state index contributed by atoms with van der Waals surface area (Å²) in [6.45, 7) is 2.01. The van der Waals surface area contributed by atoms with Crippen molar-refractivity contribution in [3.05, 3.63) is 48.5 Å². The number of hydrogen-bond donors (Lipinski definition) is 1. The maximum atomic E-state index is 12.7. The Balaban J connectivity index is 1.46. The van der Waals surface area contributed by atoms with Crippen molar-refractivity contribution >= 4 is 15.9 Å². The van der Waals surface area contributed by atoms with E-state index in [0.29, 0.717) is 38.0 Å². The third-order valence-electron chi connectivity index (χ3n) is 4.90.